The molecule has 1 aromatic rings. The molecule has 0 bridgehead atoms. The Labute approximate surface area is 115 Å². The van der Waals surface area contributed by atoms with E-state index in [1.807, 2.05) is 0 Å². The highest BCUT2D eigenvalue weighted by Gasteiger charge is 2.29. The second kappa shape index (κ2) is 5.73. The SMILES string of the molecule is C=CCOC(=O)N1CCCc2cc(F)cc(C(=O)O)c21. The van der Waals surface area contributed by atoms with Gasteiger partial charge in [-0.25, -0.2) is 14.0 Å². The van der Waals surface area contributed by atoms with Gasteiger partial charge in [-0.3, -0.25) is 4.90 Å². The molecule has 0 fully saturated rings. The number of benzene rings is 1. The zero-order valence-corrected chi connectivity index (χ0v) is 10.8. The van der Waals surface area contributed by atoms with Crippen LogP contribution in [0.15, 0.2) is 24.8 Å². The first-order chi connectivity index (χ1) is 9.54. The van der Waals surface area contributed by atoms with E-state index in [2.05, 4.69) is 6.58 Å². The maximum Gasteiger partial charge on any atom is 0.414 e. The molecule has 1 aliphatic heterocycles. The molecule has 1 N–H and O–H groups in total. The molecule has 1 amide bonds. The molecule has 1 aliphatic rings. The van der Waals surface area contributed by atoms with Crippen molar-refractivity contribution in [1.82, 2.24) is 0 Å². The van der Waals surface area contributed by atoms with Crippen molar-refractivity contribution in [2.75, 3.05) is 18.1 Å². The molecule has 0 saturated heterocycles. The number of amides is 1. The smallest absolute Gasteiger partial charge is 0.414 e. The summed E-state index contributed by atoms with van der Waals surface area (Å²) in [6.07, 6.45) is 1.92. The fraction of sp³-hybridized carbons (Fsp3) is 0.286. The predicted molar refractivity (Wildman–Crippen MR) is 70.6 cm³/mol. The molecule has 6 heteroatoms. The maximum absolute atomic E-state index is 13.4. The number of hydrogen-bond acceptors (Lipinski definition) is 3. The van der Waals surface area contributed by atoms with Gasteiger partial charge in [0.2, 0.25) is 0 Å². The first-order valence-corrected chi connectivity index (χ1v) is 6.15. The van der Waals surface area contributed by atoms with Crippen LogP contribution in [0, 0.1) is 5.82 Å². The number of nitrogens with zero attached hydrogens (tertiary/aromatic N) is 1. The summed E-state index contributed by atoms with van der Waals surface area (Å²) in [6.45, 7) is 3.82. The minimum absolute atomic E-state index is 0.0360. The standard InChI is InChI=1S/C14H14FNO4/c1-2-6-20-14(19)16-5-3-4-9-7-10(15)8-11(12(9)16)13(17)18/h2,7-8H,1,3-6H2,(H,17,18). The normalized spacial score (nSPS) is 13.6. The number of carbonyl (C=O) groups excluding carboxylic acids is 1. The summed E-state index contributed by atoms with van der Waals surface area (Å²) in [4.78, 5) is 24.4. The van der Waals surface area contributed by atoms with Crippen molar-refractivity contribution < 1.29 is 23.8 Å². The number of rotatable bonds is 3. The Morgan fingerprint density at radius 3 is 2.90 bits per heavy atom. The van der Waals surface area contributed by atoms with Crippen LogP contribution in [0.3, 0.4) is 0 Å². The molecule has 0 atom stereocenters. The van der Waals surface area contributed by atoms with Gasteiger partial charge in [0.15, 0.2) is 0 Å². The summed E-state index contributed by atoms with van der Waals surface area (Å²) in [5, 5.41) is 9.18. The van der Waals surface area contributed by atoms with Gasteiger partial charge in [0.05, 0.1) is 11.3 Å². The van der Waals surface area contributed by atoms with E-state index in [0.29, 0.717) is 24.9 Å². The molecule has 1 aromatic carbocycles. The minimum atomic E-state index is -1.27. The van der Waals surface area contributed by atoms with Gasteiger partial charge in [0.1, 0.15) is 12.4 Å². The molecule has 106 valence electrons. The fourth-order valence-corrected chi connectivity index (χ4v) is 2.26. The lowest BCUT2D eigenvalue weighted by Gasteiger charge is -2.29. The Balaban J connectivity index is 2.45. The number of aryl methyl sites for hydroxylation is 1. The van der Waals surface area contributed by atoms with Gasteiger partial charge in [-0.15, -0.1) is 0 Å². The number of aromatic carboxylic acids is 1. The van der Waals surface area contributed by atoms with Crippen LogP contribution in [-0.2, 0) is 11.2 Å². The monoisotopic (exact) mass is 279 g/mol. The fourth-order valence-electron chi connectivity index (χ4n) is 2.26. The van der Waals surface area contributed by atoms with E-state index in [-0.39, 0.29) is 17.9 Å². The number of carbonyl (C=O) groups is 2. The molecule has 5 nitrogen and oxygen atoms in total. The lowest BCUT2D eigenvalue weighted by atomic mass is 9.97. The van der Waals surface area contributed by atoms with Gasteiger partial charge in [0, 0.05) is 6.54 Å². The Hall–Kier alpha value is -2.37. The largest absolute Gasteiger partial charge is 0.478 e. The van der Waals surface area contributed by atoms with Crippen molar-refractivity contribution in [2.45, 2.75) is 12.8 Å². The summed E-state index contributed by atoms with van der Waals surface area (Å²) in [7, 11) is 0. The highest BCUT2D eigenvalue weighted by Crippen LogP contribution is 2.32. The Bertz CT molecular complexity index is 571. The average Bonchev–Trinajstić information content (AvgIpc) is 2.42. The number of carboxylic acid groups (broad SMARTS) is 1. The maximum atomic E-state index is 13.4. The van der Waals surface area contributed by atoms with Gasteiger partial charge in [-0.05, 0) is 30.5 Å². The van der Waals surface area contributed by atoms with Gasteiger partial charge in [-0.2, -0.15) is 0 Å². The summed E-state index contributed by atoms with van der Waals surface area (Å²) < 4.78 is 18.4. The zero-order valence-electron chi connectivity index (χ0n) is 10.8. The molecule has 0 radical (unpaired) electrons. The van der Waals surface area contributed by atoms with E-state index in [1.165, 1.54) is 17.0 Å². The van der Waals surface area contributed by atoms with Crippen LogP contribution < -0.4 is 4.90 Å². The number of carboxylic acids is 1. The van der Waals surface area contributed by atoms with Crippen molar-refractivity contribution in [3.05, 3.63) is 41.7 Å². The molecule has 0 saturated carbocycles. The first kappa shape index (κ1) is 14.0. The van der Waals surface area contributed by atoms with Gasteiger partial charge in [-0.1, -0.05) is 12.7 Å². The van der Waals surface area contributed by atoms with E-state index in [9.17, 15) is 19.1 Å². The van der Waals surface area contributed by atoms with Crippen molar-refractivity contribution in [1.29, 1.82) is 0 Å². The first-order valence-electron chi connectivity index (χ1n) is 6.15. The van der Waals surface area contributed by atoms with Crippen LogP contribution in [0.4, 0.5) is 14.9 Å². The zero-order chi connectivity index (χ0) is 14.7. The van der Waals surface area contributed by atoms with E-state index in [0.717, 1.165) is 6.07 Å². The molecule has 0 unspecified atom stereocenters. The quantitative estimate of drug-likeness (QED) is 0.864. The second-order valence-corrected chi connectivity index (χ2v) is 4.39. The van der Waals surface area contributed by atoms with Crippen LogP contribution >= 0.6 is 0 Å². The number of hydrogen-bond donors (Lipinski definition) is 1. The van der Waals surface area contributed by atoms with Crippen molar-refractivity contribution in [2.24, 2.45) is 0 Å². The lowest BCUT2D eigenvalue weighted by Crippen LogP contribution is -2.37. The van der Waals surface area contributed by atoms with Crippen LogP contribution in [0.5, 0.6) is 0 Å². The topological polar surface area (TPSA) is 66.8 Å². The molecule has 0 aromatic heterocycles. The molecule has 20 heavy (non-hydrogen) atoms. The lowest BCUT2D eigenvalue weighted by molar-refractivity contribution is 0.0697. The van der Waals surface area contributed by atoms with Gasteiger partial charge < -0.3 is 9.84 Å². The third-order valence-corrected chi connectivity index (χ3v) is 3.03. The predicted octanol–water partition coefficient (Wildman–Crippen LogP) is 2.60. The molecular weight excluding hydrogens is 265 g/mol. The van der Waals surface area contributed by atoms with Crippen LogP contribution in [-0.4, -0.2) is 30.3 Å². The molecule has 0 aliphatic carbocycles. The summed E-state index contributed by atoms with van der Waals surface area (Å²) in [6, 6.07) is 2.18. The number of halogens is 1. The number of ether oxygens (including phenoxy) is 1. The third kappa shape index (κ3) is 2.64. The Morgan fingerprint density at radius 2 is 2.25 bits per heavy atom. The van der Waals surface area contributed by atoms with E-state index >= 15 is 0 Å². The Kier molecular flexibility index (Phi) is 4.02. The third-order valence-electron chi connectivity index (χ3n) is 3.03. The molecule has 2 rings (SSSR count). The number of fused-ring (bicyclic) bond motifs is 1. The number of anilines is 1. The van der Waals surface area contributed by atoms with Crippen molar-refractivity contribution in [3.8, 4) is 0 Å². The summed E-state index contributed by atoms with van der Waals surface area (Å²) >= 11 is 0. The molecular formula is C14H14FNO4. The highest BCUT2D eigenvalue weighted by molar-refractivity contribution is 6.01. The van der Waals surface area contributed by atoms with Crippen molar-refractivity contribution in [3.63, 3.8) is 0 Å². The molecule has 0 spiro atoms. The summed E-state index contributed by atoms with van der Waals surface area (Å²) in [5.41, 5.74) is 0.499. The van der Waals surface area contributed by atoms with Gasteiger partial charge in [0.25, 0.3) is 0 Å². The van der Waals surface area contributed by atoms with Crippen LogP contribution in [0.25, 0.3) is 0 Å². The van der Waals surface area contributed by atoms with Crippen LogP contribution in [0.1, 0.15) is 22.3 Å². The van der Waals surface area contributed by atoms with E-state index in [4.69, 9.17) is 4.74 Å². The minimum Gasteiger partial charge on any atom is -0.478 e. The van der Waals surface area contributed by atoms with E-state index in [1.54, 1.807) is 0 Å². The summed E-state index contributed by atoms with van der Waals surface area (Å²) in [5.74, 6) is -1.90. The Morgan fingerprint density at radius 1 is 1.50 bits per heavy atom. The van der Waals surface area contributed by atoms with Gasteiger partial charge >= 0.3 is 12.1 Å². The second-order valence-electron chi connectivity index (χ2n) is 4.39. The van der Waals surface area contributed by atoms with Crippen molar-refractivity contribution >= 4 is 17.7 Å². The van der Waals surface area contributed by atoms with E-state index < -0.39 is 17.9 Å². The average molecular weight is 279 g/mol. The van der Waals surface area contributed by atoms with Crippen LogP contribution in [0.2, 0.25) is 0 Å². The molecule has 1 heterocycles. The highest BCUT2D eigenvalue weighted by atomic mass is 19.1.